The summed E-state index contributed by atoms with van der Waals surface area (Å²) in [5, 5.41) is 9.09. The van der Waals surface area contributed by atoms with Gasteiger partial charge in [0, 0.05) is 24.5 Å². The van der Waals surface area contributed by atoms with Gasteiger partial charge >= 0.3 is 0 Å². The number of nitrogens with one attached hydrogen (secondary N) is 2. The molecule has 34 heavy (non-hydrogen) atoms. The van der Waals surface area contributed by atoms with Gasteiger partial charge in [0.25, 0.3) is 6.47 Å². The second-order valence-electron chi connectivity index (χ2n) is 8.93. The van der Waals surface area contributed by atoms with Gasteiger partial charge in [0.15, 0.2) is 9.84 Å². The largest absolute Gasteiger partial charge is 0.485 e. The molecule has 9 nitrogen and oxygen atoms in total. The van der Waals surface area contributed by atoms with Crippen molar-refractivity contribution in [2.45, 2.75) is 63.6 Å². The number of carbonyl (C=O) groups is 2. The number of rotatable bonds is 7. The second kappa shape index (κ2) is 12.3. The van der Waals surface area contributed by atoms with Crippen LogP contribution in [-0.2, 0) is 30.8 Å². The highest BCUT2D eigenvalue weighted by molar-refractivity contribution is 7.90. The third kappa shape index (κ3) is 9.40. The van der Waals surface area contributed by atoms with Crippen LogP contribution in [0.25, 0.3) is 0 Å². The summed E-state index contributed by atoms with van der Waals surface area (Å²) in [6.07, 6.45) is 3.30. The lowest BCUT2D eigenvalue weighted by molar-refractivity contribution is -0.138. The summed E-state index contributed by atoms with van der Waals surface area (Å²) < 4.78 is 33.9. The van der Waals surface area contributed by atoms with Gasteiger partial charge in [-0.15, -0.1) is 11.3 Å². The van der Waals surface area contributed by atoms with E-state index in [1.54, 1.807) is 17.4 Å². The van der Waals surface area contributed by atoms with Crippen molar-refractivity contribution in [3.63, 3.8) is 0 Å². The van der Waals surface area contributed by atoms with E-state index in [2.05, 4.69) is 20.4 Å². The molecule has 11 heteroatoms. The van der Waals surface area contributed by atoms with Crippen molar-refractivity contribution in [1.82, 2.24) is 10.3 Å². The number of thiazole rings is 1. The maximum absolute atomic E-state index is 11.7. The predicted octanol–water partition coefficient (Wildman–Crippen LogP) is 3.51. The zero-order chi connectivity index (χ0) is 25.4. The molecule has 0 saturated carbocycles. The molecule has 2 heterocycles. The van der Waals surface area contributed by atoms with Gasteiger partial charge in [-0.2, -0.15) is 0 Å². The van der Waals surface area contributed by atoms with Crippen LogP contribution in [0.3, 0.4) is 0 Å². The van der Waals surface area contributed by atoms with Gasteiger partial charge in [0.1, 0.15) is 18.0 Å². The maximum atomic E-state index is 11.7. The first-order chi connectivity index (χ1) is 15.9. The molecule has 0 aliphatic carbocycles. The van der Waals surface area contributed by atoms with Crippen LogP contribution >= 0.6 is 11.3 Å². The Bertz CT molecular complexity index is 1070. The Labute approximate surface area is 205 Å². The molecule has 0 atom stereocenters. The Morgan fingerprint density at radius 3 is 2.50 bits per heavy atom. The minimum Gasteiger partial charge on any atom is -0.485 e. The molecule has 1 aliphatic rings. The van der Waals surface area contributed by atoms with Crippen LogP contribution in [0.1, 0.15) is 57.2 Å². The van der Waals surface area contributed by atoms with E-state index in [9.17, 15) is 18.0 Å². The van der Waals surface area contributed by atoms with Crippen molar-refractivity contribution >= 4 is 39.2 Å². The molecule has 0 unspecified atom stereocenters. The maximum Gasteiger partial charge on any atom is 0.293 e. The number of amides is 1. The molecular weight excluding hydrogens is 478 g/mol. The van der Waals surface area contributed by atoms with Crippen molar-refractivity contribution in [2.75, 3.05) is 24.7 Å². The zero-order valence-electron chi connectivity index (χ0n) is 20.2. The summed E-state index contributed by atoms with van der Waals surface area (Å²) in [6, 6.07) is 4.44. The Hall–Kier alpha value is -2.50. The number of hydrogen-bond acceptors (Lipinski definition) is 9. The Balaban J connectivity index is 0.000000509. The van der Waals surface area contributed by atoms with E-state index in [1.165, 1.54) is 19.1 Å². The van der Waals surface area contributed by atoms with Crippen LogP contribution in [0.15, 0.2) is 28.5 Å². The van der Waals surface area contributed by atoms with Crippen molar-refractivity contribution in [1.29, 1.82) is 0 Å². The number of ether oxygens (including phenoxy) is 2. The van der Waals surface area contributed by atoms with Gasteiger partial charge in [-0.3, -0.25) is 9.59 Å². The molecule has 1 fully saturated rings. The smallest absolute Gasteiger partial charge is 0.293 e. The number of piperidine rings is 1. The third-order valence-electron chi connectivity index (χ3n) is 4.73. The molecular formula is C23H33N3O6S2. The number of carbonyl (C=O) groups excluding carboxylic acids is 2. The summed E-state index contributed by atoms with van der Waals surface area (Å²) in [6.45, 7) is 9.57. The SMILES string of the molecule is CC(=O)Nc1cc(S(C)(=O)=O)ccc1OCc1csc(C2CCNCC2)n1.CC(C)(C)OC=O. The molecule has 0 spiro atoms. The van der Waals surface area contributed by atoms with Gasteiger partial charge in [0.2, 0.25) is 5.91 Å². The predicted molar refractivity (Wildman–Crippen MR) is 132 cm³/mol. The molecule has 3 rings (SSSR count). The van der Waals surface area contributed by atoms with Crippen LogP contribution in [0, 0.1) is 0 Å². The molecule has 1 aromatic heterocycles. The van der Waals surface area contributed by atoms with Crippen LogP contribution in [0.4, 0.5) is 5.69 Å². The number of hydrogen-bond donors (Lipinski definition) is 2. The minimum absolute atomic E-state index is 0.125. The molecule has 2 N–H and O–H groups in total. The van der Waals surface area contributed by atoms with Crippen molar-refractivity contribution in [3.8, 4) is 5.75 Å². The van der Waals surface area contributed by atoms with Gasteiger partial charge < -0.3 is 20.1 Å². The number of aromatic nitrogens is 1. The topological polar surface area (TPSA) is 124 Å². The zero-order valence-corrected chi connectivity index (χ0v) is 21.8. The quantitative estimate of drug-likeness (QED) is 0.541. The third-order valence-corrected chi connectivity index (χ3v) is 6.89. The van der Waals surface area contributed by atoms with Gasteiger partial charge in [-0.25, -0.2) is 13.4 Å². The van der Waals surface area contributed by atoms with E-state index in [0.29, 0.717) is 23.8 Å². The van der Waals surface area contributed by atoms with Crippen LogP contribution in [0.2, 0.25) is 0 Å². The first-order valence-corrected chi connectivity index (χ1v) is 13.7. The molecule has 0 radical (unpaired) electrons. The fraction of sp³-hybridized carbons (Fsp3) is 0.522. The summed E-state index contributed by atoms with van der Waals surface area (Å²) in [7, 11) is -3.38. The highest BCUT2D eigenvalue weighted by Gasteiger charge is 2.19. The van der Waals surface area contributed by atoms with E-state index in [1.807, 2.05) is 26.2 Å². The Morgan fingerprint density at radius 1 is 1.29 bits per heavy atom. The monoisotopic (exact) mass is 511 g/mol. The van der Waals surface area contributed by atoms with Crippen molar-refractivity contribution < 1.29 is 27.5 Å². The molecule has 1 aliphatic heterocycles. The number of sulfone groups is 1. The first-order valence-electron chi connectivity index (χ1n) is 10.9. The van der Waals surface area contributed by atoms with Crippen LogP contribution in [0.5, 0.6) is 5.75 Å². The molecule has 0 bridgehead atoms. The van der Waals surface area contributed by atoms with Crippen LogP contribution in [-0.4, -0.2) is 50.7 Å². The minimum atomic E-state index is -3.38. The molecule has 1 saturated heterocycles. The fourth-order valence-electron chi connectivity index (χ4n) is 3.09. The van der Waals surface area contributed by atoms with Gasteiger partial charge in [-0.1, -0.05) is 0 Å². The van der Waals surface area contributed by atoms with Gasteiger partial charge in [0.05, 0.1) is 21.3 Å². The van der Waals surface area contributed by atoms with Crippen molar-refractivity contribution in [2.24, 2.45) is 0 Å². The summed E-state index contributed by atoms with van der Waals surface area (Å²) >= 11 is 1.64. The van der Waals surface area contributed by atoms with E-state index in [4.69, 9.17) is 4.74 Å². The number of nitrogens with zero attached hydrogens (tertiary/aromatic N) is 1. The molecule has 1 aromatic carbocycles. The Morgan fingerprint density at radius 2 is 1.97 bits per heavy atom. The first kappa shape index (κ1) is 27.7. The lowest BCUT2D eigenvalue weighted by atomic mass is 9.99. The lowest BCUT2D eigenvalue weighted by Gasteiger charge is -2.20. The average Bonchev–Trinajstić information content (AvgIpc) is 3.21. The molecule has 1 amide bonds. The number of benzene rings is 1. The summed E-state index contributed by atoms with van der Waals surface area (Å²) in [4.78, 5) is 25.8. The normalized spacial score (nSPS) is 14.5. The van der Waals surface area contributed by atoms with E-state index in [0.717, 1.165) is 42.9 Å². The molecule has 188 valence electrons. The van der Waals surface area contributed by atoms with Crippen LogP contribution < -0.4 is 15.4 Å². The standard InChI is InChI=1S/C18H23N3O4S2.C5H10O2/c1-12(22)20-16-9-15(27(2,23)24)3-4-17(16)25-10-14-11-26-18(21-14)13-5-7-19-8-6-13;1-5(2,3)7-4-6/h3-4,9,11,13,19H,5-8,10H2,1-2H3,(H,20,22);4H,1-3H3. The van der Waals surface area contributed by atoms with E-state index >= 15 is 0 Å². The highest BCUT2D eigenvalue weighted by atomic mass is 32.2. The average molecular weight is 512 g/mol. The van der Waals surface area contributed by atoms with E-state index < -0.39 is 9.84 Å². The number of anilines is 1. The lowest BCUT2D eigenvalue weighted by Crippen LogP contribution is -2.26. The second-order valence-corrected chi connectivity index (χ2v) is 11.8. The highest BCUT2D eigenvalue weighted by Crippen LogP contribution is 2.30. The fourth-order valence-corrected chi connectivity index (χ4v) is 4.72. The summed E-state index contributed by atoms with van der Waals surface area (Å²) in [5.74, 6) is 0.607. The van der Waals surface area contributed by atoms with Gasteiger partial charge in [-0.05, 0) is 64.9 Å². The molecule has 2 aromatic rings. The van der Waals surface area contributed by atoms with Crippen molar-refractivity contribution in [3.05, 3.63) is 34.3 Å². The summed E-state index contributed by atoms with van der Waals surface area (Å²) in [5.41, 5.74) is 0.843. The Kier molecular flexibility index (Phi) is 10.0. The van der Waals surface area contributed by atoms with E-state index in [-0.39, 0.29) is 23.0 Å².